The minimum Gasteiger partial charge on any atom is -0.369 e. The van der Waals surface area contributed by atoms with Crippen molar-refractivity contribution in [3.8, 4) is 10.7 Å². The third-order valence-corrected chi connectivity index (χ3v) is 7.15. The van der Waals surface area contributed by atoms with E-state index >= 15 is 0 Å². The normalized spacial score (nSPS) is 11.2. The average Bonchev–Trinajstić information content (AvgIpc) is 2.77. The molecule has 1 N–H and O–H groups in total. The summed E-state index contributed by atoms with van der Waals surface area (Å²) in [5.74, 6) is 2.09. The van der Waals surface area contributed by atoms with Gasteiger partial charge in [0.1, 0.15) is 5.82 Å². The first-order valence-electron chi connectivity index (χ1n) is 6.70. The molecule has 21 heavy (non-hydrogen) atoms. The van der Waals surface area contributed by atoms with Gasteiger partial charge in [-0.15, -0.1) is 11.3 Å². The fourth-order valence-corrected chi connectivity index (χ4v) is 4.80. The topological polar surface area (TPSA) is 37.8 Å². The molecule has 0 saturated carbocycles. The fourth-order valence-electron chi connectivity index (χ4n) is 1.77. The molecule has 0 aliphatic heterocycles. The van der Waals surface area contributed by atoms with Crippen molar-refractivity contribution in [2.45, 2.75) is 33.1 Å². The van der Waals surface area contributed by atoms with Crippen molar-refractivity contribution in [1.82, 2.24) is 9.97 Å². The van der Waals surface area contributed by atoms with Crippen molar-refractivity contribution in [1.29, 1.82) is 0 Å². The van der Waals surface area contributed by atoms with Gasteiger partial charge in [-0.2, -0.15) is 0 Å². The summed E-state index contributed by atoms with van der Waals surface area (Å²) in [5, 5.41) is 3.41. The Labute approximate surface area is 159 Å². The van der Waals surface area contributed by atoms with Gasteiger partial charge in [-0.1, -0.05) is 20.8 Å². The van der Waals surface area contributed by atoms with Crippen LogP contribution in [0, 0.1) is 3.57 Å². The van der Waals surface area contributed by atoms with E-state index in [1.807, 2.05) is 0 Å². The molecule has 114 valence electrons. The van der Waals surface area contributed by atoms with E-state index in [9.17, 15) is 0 Å². The predicted octanol–water partition coefficient (Wildman–Crippen LogP) is 6.28. The first kappa shape index (κ1) is 17.6. The second kappa shape index (κ2) is 7.70. The number of hydrogen-bond donors (Lipinski definition) is 1. The first-order valence-corrected chi connectivity index (χ1v) is 10.2. The minimum absolute atomic E-state index is 0.368. The standard InChI is InChI=1S/C14H16Br2IN3S/c1-4-5-18-14-10(17)11(7(2)3)19-13(20-14)9-6-8(15)12(16)21-9/h6-7H,4-5H2,1-3H3,(H,18,19,20). The van der Waals surface area contributed by atoms with Crippen LogP contribution < -0.4 is 5.32 Å². The van der Waals surface area contributed by atoms with Gasteiger partial charge in [0.25, 0.3) is 0 Å². The molecule has 0 saturated heterocycles. The largest absolute Gasteiger partial charge is 0.369 e. The lowest BCUT2D eigenvalue weighted by Crippen LogP contribution is -2.09. The molecule has 0 amide bonds. The molecule has 0 aromatic carbocycles. The van der Waals surface area contributed by atoms with Crippen molar-refractivity contribution in [2.24, 2.45) is 0 Å². The highest BCUT2D eigenvalue weighted by Gasteiger charge is 2.17. The molecule has 0 aliphatic carbocycles. The number of rotatable bonds is 5. The number of nitrogens with one attached hydrogen (secondary N) is 1. The van der Waals surface area contributed by atoms with E-state index in [0.29, 0.717) is 5.92 Å². The van der Waals surface area contributed by atoms with Crippen molar-refractivity contribution >= 4 is 71.6 Å². The highest BCUT2D eigenvalue weighted by atomic mass is 127. The summed E-state index contributed by atoms with van der Waals surface area (Å²) in [4.78, 5) is 10.6. The summed E-state index contributed by atoms with van der Waals surface area (Å²) in [5.41, 5.74) is 1.10. The van der Waals surface area contributed by atoms with Crippen molar-refractivity contribution in [3.63, 3.8) is 0 Å². The molecule has 7 heteroatoms. The number of thiophene rings is 1. The zero-order valence-electron chi connectivity index (χ0n) is 12.0. The summed E-state index contributed by atoms with van der Waals surface area (Å²) in [7, 11) is 0. The van der Waals surface area contributed by atoms with Crippen LogP contribution in [0.2, 0.25) is 0 Å². The molecule has 0 atom stereocenters. The van der Waals surface area contributed by atoms with Crippen LogP contribution in [-0.2, 0) is 0 Å². The van der Waals surface area contributed by atoms with Gasteiger partial charge < -0.3 is 5.32 Å². The Kier molecular flexibility index (Phi) is 6.46. The van der Waals surface area contributed by atoms with Gasteiger partial charge in [0.15, 0.2) is 5.82 Å². The van der Waals surface area contributed by atoms with E-state index in [4.69, 9.17) is 9.97 Å². The zero-order valence-corrected chi connectivity index (χ0v) is 18.2. The van der Waals surface area contributed by atoms with Crippen molar-refractivity contribution < 1.29 is 0 Å². The maximum Gasteiger partial charge on any atom is 0.172 e. The van der Waals surface area contributed by atoms with Crippen LogP contribution >= 0.6 is 65.8 Å². The molecular formula is C14H16Br2IN3S. The SMILES string of the molecule is CCCNc1nc(-c2cc(Br)c(Br)s2)nc(C(C)C)c1I. The van der Waals surface area contributed by atoms with Gasteiger partial charge in [-0.25, -0.2) is 9.97 Å². The quantitative estimate of drug-likeness (QED) is 0.450. The fraction of sp³-hybridized carbons (Fsp3) is 0.429. The van der Waals surface area contributed by atoms with Gasteiger partial charge in [0.05, 0.1) is 17.9 Å². The molecule has 0 aliphatic rings. The molecule has 3 nitrogen and oxygen atoms in total. The zero-order chi connectivity index (χ0) is 15.6. The van der Waals surface area contributed by atoms with Gasteiger partial charge in [-0.3, -0.25) is 0 Å². The number of nitrogens with zero attached hydrogens (tertiary/aromatic N) is 2. The number of halogens is 3. The van der Waals surface area contributed by atoms with E-state index in [-0.39, 0.29) is 0 Å². The Hall–Kier alpha value is 0.270. The van der Waals surface area contributed by atoms with Gasteiger partial charge >= 0.3 is 0 Å². The molecule has 2 aromatic heterocycles. The lowest BCUT2D eigenvalue weighted by Gasteiger charge is -2.14. The van der Waals surface area contributed by atoms with Crippen LogP contribution in [0.25, 0.3) is 10.7 Å². The lowest BCUT2D eigenvalue weighted by molar-refractivity contribution is 0.808. The number of hydrogen-bond acceptors (Lipinski definition) is 4. The molecular weight excluding hydrogens is 529 g/mol. The first-order chi connectivity index (χ1) is 9.93. The molecule has 0 spiro atoms. The molecule has 0 unspecified atom stereocenters. The summed E-state index contributed by atoms with van der Waals surface area (Å²) >= 11 is 11.0. The van der Waals surface area contributed by atoms with Crippen molar-refractivity contribution in [3.05, 3.63) is 23.6 Å². The predicted molar refractivity (Wildman–Crippen MR) is 106 cm³/mol. The third kappa shape index (κ3) is 4.17. The average molecular weight is 545 g/mol. The molecule has 0 radical (unpaired) electrons. The van der Waals surface area contributed by atoms with E-state index in [1.54, 1.807) is 11.3 Å². The van der Waals surface area contributed by atoms with Gasteiger partial charge in [0.2, 0.25) is 0 Å². The molecule has 2 heterocycles. The van der Waals surface area contributed by atoms with E-state index in [0.717, 1.165) is 47.0 Å². The number of anilines is 1. The Bertz CT molecular complexity index is 624. The molecule has 2 rings (SSSR count). The van der Waals surface area contributed by atoms with E-state index in [1.165, 1.54) is 0 Å². The van der Waals surface area contributed by atoms with Crippen LogP contribution in [0.4, 0.5) is 5.82 Å². The van der Waals surface area contributed by atoms with Crippen LogP contribution in [0.3, 0.4) is 0 Å². The number of aromatic nitrogens is 2. The molecule has 0 bridgehead atoms. The highest BCUT2D eigenvalue weighted by molar-refractivity contribution is 14.1. The van der Waals surface area contributed by atoms with Gasteiger partial charge in [0, 0.05) is 11.0 Å². The minimum atomic E-state index is 0.368. The highest BCUT2D eigenvalue weighted by Crippen LogP contribution is 2.38. The van der Waals surface area contributed by atoms with Crippen LogP contribution in [0.1, 0.15) is 38.8 Å². The second-order valence-electron chi connectivity index (χ2n) is 4.91. The van der Waals surface area contributed by atoms with Gasteiger partial charge in [-0.05, 0) is 72.9 Å². The van der Waals surface area contributed by atoms with Crippen LogP contribution in [-0.4, -0.2) is 16.5 Å². The Morgan fingerprint density at radius 2 is 2.05 bits per heavy atom. The van der Waals surface area contributed by atoms with E-state index < -0.39 is 0 Å². The monoisotopic (exact) mass is 543 g/mol. The van der Waals surface area contributed by atoms with Crippen molar-refractivity contribution in [2.75, 3.05) is 11.9 Å². The molecule has 0 fully saturated rings. The Morgan fingerprint density at radius 3 is 2.57 bits per heavy atom. The van der Waals surface area contributed by atoms with Crippen LogP contribution in [0.5, 0.6) is 0 Å². The molecule has 2 aromatic rings. The lowest BCUT2D eigenvalue weighted by atomic mass is 10.1. The third-order valence-electron chi connectivity index (χ3n) is 2.83. The summed E-state index contributed by atoms with van der Waals surface area (Å²) in [6.45, 7) is 7.40. The maximum absolute atomic E-state index is 4.78. The smallest absolute Gasteiger partial charge is 0.172 e. The Morgan fingerprint density at radius 1 is 1.33 bits per heavy atom. The second-order valence-corrected chi connectivity index (χ2v) is 9.21. The maximum atomic E-state index is 4.78. The van der Waals surface area contributed by atoms with Crippen LogP contribution in [0.15, 0.2) is 14.3 Å². The summed E-state index contributed by atoms with van der Waals surface area (Å²) in [6, 6.07) is 2.06. The summed E-state index contributed by atoms with van der Waals surface area (Å²) in [6.07, 6.45) is 1.07. The Balaban J connectivity index is 2.52. The van der Waals surface area contributed by atoms with E-state index in [2.05, 4.69) is 86.6 Å². The summed E-state index contributed by atoms with van der Waals surface area (Å²) < 4.78 is 3.22.